The molecule has 0 spiro atoms. The molecule has 3 heteroatoms. The van der Waals surface area contributed by atoms with Crippen molar-refractivity contribution in [1.82, 2.24) is 5.32 Å². The number of nitrogens with one attached hydrogen (secondary N) is 1. The molecule has 18 heavy (non-hydrogen) atoms. The molecular weight excluding hydrogens is 246 g/mol. The minimum Gasteiger partial charge on any atom is -0.389 e. The fourth-order valence-electron chi connectivity index (χ4n) is 3.39. The third kappa shape index (κ3) is 2.29. The van der Waals surface area contributed by atoms with Crippen LogP contribution in [0.5, 0.6) is 0 Å². The molecule has 1 fully saturated rings. The Bertz CT molecular complexity index is 403. The highest BCUT2D eigenvalue weighted by atomic mass is 35.5. The van der Waals surface area contributed by atoms with Gasteiger partial charge in [-0.1, -0.05) is 30.2 Å². The van der Waals surface area contributed by atoms with E-state index in [0.717, 1.165) is 17.9 Å². The van der Waals surface area contributed by atoms with Crippen LogP contribution in [-0.2, 0) is 5.41 Å². The minimum absolute atomic E-state index is 0.0393. The van der Waals surface area contributed by atoms with Crippen LogP contribution in [0.15, 0.2) is 24.3 Å². The summed E-state index contributed by atoms with van der Waals surface area (Å²) in [5.41, 5.74) is 0.575. The molecule has 2 N–H and O–H groups in total. The Balaban J connectivity index is 2.38. The van der Waals surface area contributed by atoms with E-state index in [0.29, 0.717) is 0 Å². The predicted molar refractivity (Wildman–Crippen MR) is 76.1 cm³/mol. The van der Waals surface area contributed by atoms with Crippen LogP contribution >= 0.6 is 11.6 Å². The van der Waals surface area contributed by atoms with Gasteiger partial charge in [-0.05, 0) is 51.4 Å². The van der Waals surface area contributed by atoms with Crippen molar-refractivity contribution >= 4 is 11.6 Å². The van der Waals surface area contributed by atoms with Crippen molar-refractivity contribution in [2.24, 2.45) is 0 Å². The van der Waals surface area contributed by atoms with Gasteiger partial charge in [0.1, 0.15) is 0 Å². The average Bonchev–Trinajstić information content (AvgIpc) is 2.23. The standard InChI is InChI=1S/C15H22ClNO/c1-14(2,18)13(17-3)15(9-4-10-15)11-5-7-12(16)8-6-11/h5-8,13,17-18H,4,9-10H2,1-3H3. The van der Waals surface area contributed by atoms with Crippen molar-refractivity contribution < 1.29 is 5.11 Å². The summed E-state index contributed by atoms with van der Waals surface area (Å²) in [7, 11) is 1.93. The van der Waals surface area contributed by atoms with Gasteiger partial charge in [-0.2, -0.15) is 0 Å². The normalized spacial score (nSPS) is 20.3. The lowest BCUT2D eigenvalue weighted by Crippen LogP contribution is -2.61. The first kappa shape index (κ1) is 13.9. The summed E-state index contributed by atoms with van der Waals surface area (Å²) in [4.78, 5) is 0. The molecule has 1 saturated carbocycles. The largest absolute Gasteiger partial charge is 0.389 e. The molecule has 0 heterocycles. The van der Waals surface area contributed by atoms with E-state index in [1.54, 1.807) is 0 Å². The summed E-state index contributed by atoms with van der Waals surface area (Å²) < 4.78 is 0. The summed E-state index contributed by atoms with van der Waals surface area (Å²) in [5, 5.41) is 14.5. The van der Waals surface area contributed by atoms with Crippen LogP contribution in [0.1, 0.15) is 38.7 Å². The zero-order valence-electron chi connectivity index (χ0n) is 11.3. The number of aliphatic hydroxyl groups is 1. The monoisotopic (exact) mass is 267 g/mol. The molecule has 0 aromatic heterocycles. The van der Waals surface area contributed by atoms with Crippen molar-refractivity contribution in [2.75, 3.05) is 7.05 Å². The Morgan fingerprint density at radius 1 is 1.28 bits per heavy atom. The van der Waals surface area contributed by atoms with Crippen molar-refractivity contribution in [1.29, 1.82) is 0 Å². The highest BCUT2D eigenvalue weighted by molar-refractivity contribution is 6.30. The molecule has 1 aliphatic rings. The maximum atomic E-state index is 10.4. The Labute approximate surface area is 114 Å². The highest BCUT2D eigenvalue weighted by Crippen LogP contribution is 2.49. The Morgan fingerprint density at radius 3 is 2.17 bits per heavy atom. The molecule has 1 aliphatic carbocycles. The molecule has 1 unspecified atom stereocenters. The molecule has 0 radical (unpaired) electrons. The highest BCUT2D eigenvalue weighted by Gasteiger charge is 2.50. The van der Waals surface area contributed by atoms with E-state index in [4.69, 9.17) is 11.6 Å². The van der Waals surface area contributed by atoms with Gasteiger partial charge >= 0.3 is 0 Å². The van der Waals surface area contributed by atoms with Crippen LogP contribution in [0, 0.1) is 0 Å². The maximum absolute atomic E-state index is 10.4. The molecule has 0 saturated heterocycles. The van der Waals surface area contributed by atoms with Crippen LogP contribution in [0.2, 0.25) is 5.02 Å². The second kappa shape index (κ2) is 4.84. The van der Waals surface area contributed by atoms with E-state index in [-0.39, 0.29) is 11.5 Å². The summed E-state index contributed by atoms with van der Waals surface area (Å²) in [6, 6.07) is 8.12. The molecule has 100 valence electrons. The lowest BCUT2D eigenvalue weighted by Gasteiger charge is -2.52. The fourth-order valence-corrected chi connectivity index (χ4v) is 3.52. The molecule has 0 bridgehead atoms. The average molecular weight is 268 g/mol. The second-order valence-electron chi connectivity index (χ2n) is 5.89. The van der Waals surface area contributed by atoms with Gasteiger partial charge in [0.05, 0.1) is 5.60 Å². The van der Waals surface area contributed by atoms with E-state index in [1.165, 1.54) is 12.0 Å². The summed E-state index contributed by atoms with van der Waals surface area (Å²) in [5.74, 6) is 0. The molecule has 2 rings (SSSR count). The minimum atomic E-state index is -0.741. The number of halogens is 1. The molecular formula is C15H22ClNO. The quantitative estimate of drug-likeness (QED) is 0.879. The fraction of sp³-hybridized carbons (Fsp3) is 0.600. The summed E-state index contributed by atoms with van der Waals surface area (Å²) in [6.45, 7) is 3.76. The van der Waals surface area contributed by atoms with Crippen LogP contribution in [0.25, 0.3) is 0 Å². The third-order valence-electron chi connectivity index (χ3n) is 4.21. The summed E-state index contributed by atoms with van der Waals surface area (Å²) in [6.07, 6.45) is 3.45. The van der Waals surface area contributed by atoms with Crippen LogP contribution < -0.4 is 5.32 Å². The number of likely N-dealkylation sites (N-methyl/N-ethyl adjacent to an activating group) is 1. The number of rotatable bonds is 4. The van der Waals surface area contributed by atoms with Gasteiger partial charge < -0.3 is 10.4 Å². The van der Waals surface area contributed by atoms with E-state index in [9.17, 15) is 5.11 Å². The van der Waals surface area contributed by atoms with E-state index >= 15 is 0 Å². The molecule has 2 nitrogen and oxygen atoms in total. The lowest BCUT2D eigenvalue weighted by molar-refractivity contribution is -0.0162. The SMILES string of the molecule is CNC(C(C)(C)O)C1(c2ccc(Cl)cc2)CCC1. The van der Waals surface area contributed by atoms with Gasteiger partial charge in [-0.15, -0.1) is 0 Å². The summed E-state index contributed by atoms with van der Waals surface area (Å²) >= 11 is 5.96. The van der Waals surface area contributed by atoms with E-state index in [2.05, 4.69) is 17.4 Å². The topological polar surface area (TPSA) is 32.3 Å². The van der Waals surface area contributed by atoms with E-state index in [1.807, 2.05) is 33.0 Å². The van der Waals surface area contributed by atoms with Crippen LogP contribution in [0.4, 0.5) is 0 Å². The maximum Gasteiger partial charge on any atom is 0.0752 e. The Kier molecular flexibility index (Phi) is 3.72. The van der Waals surface area contributed by atoms with Crippen LogP contribution in [0.3, 0.4) is 0 Å². The molecule has 1 aromatic carbocycles. The van der Waals surface area contributed by atoms with Gasteiger partial charge in [-0.3, -0.25) is 0 Å². The van der Waals surface area contributed by atoms with Gasteiger partial charge in [-0.25, -0.2) is 0 Å². The number of hydrogen-bond acceptors (Lipinski definition) is 2. The second-order valence-corrected chi connectivity index (χ2v) is 6.33. The van der Waals surface area contributed by atoms with Crippen molar-refractivity contribution in [3.05, 3.63) is 34.9 Å². The van der Waals surface area contributed by atoms with Gasteiger partial charge in [0.15, 0.2) is 0 Å². The Hall–Kier alpha value is -0.570. The molecule has 0 amide bonds. The number of benzene rings is 1. The third-order valence-corrected chi connectivity index (χ3v) is 4.46. The molecule has 1 atom stereocenters. The first-order chi connectivity index (χ1) is 8.40. The lowest BCUT2D eigenvalue weighted by atomic mass is 9.57. The van der Waals surface area contributed by atoms with Gasteiger partial charge in [0, 0.05) is 16.5 Å². The van der Waals surface area contributed by atoms with E-state index < -0.39 is 5.60 Å². The Morgan fingerprint density at radius 2 is 1.83 bits per heavy atom. The van der Waals surface area contributed by atoms with Crippen LogP contribution in [-0.4, -0.2) is 23.8 Å². The van der Waals surface area contributed by atoms with Gasteiger partial charge in [0.2, 0.25) is 0 Å². The van der Waals surface area contributed by atoms with Crippen molar-refractivity contribution in [3.63, 3.8) is 0 Å². The first-order valence-corrected chi connectivity index (χ1v) is 6.94. The molecule has 0 aliphatic heterocycles. The predicted octanol–water partition coefficient (Wildman–Crippen LogP) is 3.12. The smallest absolute Gasteiger partial charge is 0.0752 e. The first-order valence-electron chi connectivity index (χ1n) is 6.56. The van der Waals surface area contributed by atoms with Gasteiger partial charge in [0.25, 0.3) is 0 Å². The number of hydrogen-bond donors (Lipinski definition) is 2. The molecule has 1 aromatic rings. The zero-order valence-corrected chi connectivity index (χ0v) is 12.1. The van der Waals surface area contributed by atoms with Crippen molar-refractivity contribution in [2.45, 2.75) is 50.2 Å². The van der Waals surface area contributed by atoms with Crippen molar-refractivity contribution in [3.8, 4) is 0 Å². The zero-order chi connectivity index (χ0) is 13.4.